The third-order valence-corrected chi connectivity index (χ3v) is 4.64. The van der Waals surface area contributed by atoms with Gasteiger partial charge < -0.3 is 5.32 Å². The fourth-order valence-electron chi connectivity index (χ4n) is 3.71. The first kappa shape index (κ1) is 11.3. The maximum atomic E-state index is 3.77. The van der Waals surface area contributed by atoms with E-state index in [2.05, 4.69) is 30.4 Å². The van der Waals surface area contributed by atoms with Gasteiger partial charge in [0.05, 0.1) is 0 Å². The van der Waals surface area contributed by atoms with Gasteiger partial charge in [0.15, 0.2) is 0 Å². The lowest BCUT2D eigenvalue weighted by Crippen LogP contribution is -2.36. The maximum Gasteiger partial charge on any atom is 0.0351 e. The highest BCUT2D eigenvalue weighted by atomic mass is 14.9. The minimum atomic E-state index is 0.638. The topological polar surface area (TPSA) is 12.0 Å². The Morgan fingerprint density at radius 2 is 1.94 bits per heavy atom. The second-order valence-electron chi connectivity index (χ2n) is 5.72. The summed E-state index contributed by atoms with van der Waals surface area (Å²) in [7, 11) is 0. The molecular formula is C16H23N. The zero-order valence-corrected chi connectivity index (χ0v) is 10.8. The minimum absolute atomic E-state index is 0.638. The Morgan fingerprint density at radius 3 is 2.76 bits per heavy atom. The number of fused-ring (bicyclic) bond motifs is 1. The predicted octanol–water partition coefficient (Wildman–Crippen LogP) is 3.76. The Hall–Kier alpha value is -0.820. The van der Waals surface area contributed by atoms with Crippen LogP contribution >= 0.6 is 0 Å². The first-order valence-electron chi connectivity index (χ1n) is 7.18. The molecule has 1 aromatic rings. The van der Waals surface area contributed by atoms with Crippen LogP contribution < -0.4 is 5.32 Å². The summed E-state index contributed by atoms with van der Waals surface area (Å²) >= 11 is 0. The lowest BCUT2D eigenvalue weighted by molar-refractivity contribution is 0.264. The molecule has 0 radical (unpaired) electrons. The van der Waals surface area contributed by atoms with E-state index in [0.29, 0.717) is 6.04 Å². The average molecular weight is 229 g/mol. The van der Waals surface area contributed by atoms with Crippen molar-refractivity contribution < 1.29 is 0 Å². The molecular weight excluding hydrogens is 206 g/mol. The fourth-order valence-corrected chi connectivity index (χ4v) is 3.71. The first-order chi connectivity index (χ1) is 8.36. The summed E-state index contributed by atoms with van der Waals surface area (Å²) in [5.41, 5.74) is 4.72. The number of hydrogen-bond acceptors (Lipinski definition) is 1. The van der Waals surface area contributed by atoms with Crippen LogP contribution in [0, 0.1) is 12.8 Å². The van der Waals surface area contributed by atoms with Gasteiger partial charge in [0.2, 0.25) is 0 Å². The molecule has 1 N–H and O–H groups in total. The molecule has 0 bridgehead atoms. The number of aryl methyl sites for hydroxylation is 1. The normalized spacial score (nSPS) is 25.6. The van der Waals surface area contributed by atoms with Crippen LogP contribution in [0.25, 0.3) is 0 Å². The molecule has 1 atom stereocenters. The van der Waals surface area contributed by atoms with E-state index in [4.69, 9.17) is 0 Å². The van der Waals surface area contributed by atoms with Crippen molar-refractivity contribution >= 4 is 0 Å². The third-order valence-electron chi connectivity index (χ3n) is 4.64. The van der Waals surface area contributed by atoms with Crippen LogP contribution in [-0.2, 0) is 6.42 Å². The smallest absolute Gasteiger partial charge is 0.0351 e. The quantitative estimate of drug-likeness (QED) is 0.773. The summed E-state index contributed by atoms with van der Waals surface area (Å²) in [6.45, 7) is 3.43. The van der Waals surface area contributed by atoms with Crippen molar-refractivity contribution in [1.29, 1.82) is 0 Å². The number of nitrogens with one attached hydrogen (secondary N) is 1. The van der Waals surface area contributed by atoms with E-state index in [-0.39, 0.29) is 0 Å². The van der Waals surface area contributed by atoms with Gasteiger partial charge in [-0.2, -0.15) is 0 Å². The first-order valence-corrected chi connectivity index (χ1v) is 7.18. The number of benzene rings is 1. The van der Waals surface area contributed by atoms with E-state index in [0.717, 1.165) is 5.92 Å². The second-order valence-corrected chi connectivity index (χ2v) is 5.72. The van der Waals surface area contributed by atoms with E-state index in [1.165, 1.54) is 50.6 Å². The summed E-state index contributed by atoms with van der Waals surface area (Å²) in [6.07, 6.45) is 8.37. The Balaban J connectivity index is 1.90. The maximum absolute atomic E-state index is 3.77. The van der Waals surface area contributed by atoms with Crippen molar-refractivity contribution in [1.82, 2.24) is 5.32 Å². The molecule has 0 saturated heterocycles. The van der Waals surface area contributed by atoms with Crippen molar-refractivity contribution in [3.05, 3.63) is 34.9 Å². The van der Waals surface area contributed by atoms with Crippen LogP contribution in [0.1, 0.15) is 54.8 Å². The van der Waals surface area contributed by atoms with Crippen molar-refractivity contribution in [2.45, 2.75) is 51.5 Å². The molecule has 1 unspecified atom stereocenters. The Bertz CT molecular complexity index is 391. The van der Waals surface area contributed by atoms with E-state index in [1.807, 2.05) is 0 Å². The second kappa shape index (κ2) is 4.81. The van der Waals surface area contributed by atoms with Crippen molar-refractivity contribution in [3.63, 3.8) is 0 Å². The lowest BCUT2D eigenvalue weighted by Gasteiger charge is -2.36. The number of hydrogen-bond donors (Lipinski definition) is 1. The monoisotopic (exact) mass is 229 g/mol. The van der Waals surface area contributed by atoms with Gasteiger partial charge >= 0.3 is 0 Å². The van der Waals surface area contributed by atoms with Gasteiger partial charge in [0, 0.05) is 6.04 Å². The molecule has 0 spiro atoms. The molecule has 1 fully saturated rings. The van der Waals surface area contributed by atoms with Crippen LogP contribution in [0.4, 0.5) is 0 Å². The Labute approximate surface area is 105 Å². The van der Waals surface area contributed by atoms with Crippen molar-refractivity contribution in [2.75, 3.05) is 6.54 Å². The van der Waals surface area contributed by atoms with Gasteiger partial charge in [-0.3, -0.25) is 0 Å². The Kier molecular flexibility index (Phi) is 3.19. The van der Waals surface area contributed by atoms with Gasteiger partial charge in [-0.15, -0.1) is 0 Å². The molecule has 92 valence electrons. The van der Waals surface area contributed by atoms with E-state index in [9.17, 15) is 0 Å². The van der Waals surface area contributed by atoms with Gasteiger partial charge in [-0.25, -0.2) is 0 Å². The highest BCUT2D eigenvalue weighted by molar-refractivity contribution is 5.38. The highest BCUT2D eigenvalue weighted by Gasteiger charge is 2.28. The Morgan fingerprint density at radius 1 is 1.12 bits per heavy atom. The molecule has 1 aromatic carbocycles. The van der Waals surface area contributed by atoms with Crippen LogP contribution in [0.3, 0.4) is 0 Å². The molecule has 17 heavy (non-hydrogen) atoms. The average Bonchev–Trinajstić information content (AvgIpc) is 2.40. The zero-order chi connectivity index (χ0) is 11.7. The summed E-state index contributed by atoms with van der Waals surface area (Å²) in [6, 6.07) is 7.49. The lowest BCUT2D eigenvalue weighted by atomic mass is 9.77. The van der Waals surface area contributed by atoms with E-state index in [1.54, 1.807) is 11.1 Å². The molecule has 1 saturated carbocycles. The molecule has 1 aliphatic heterocycles. The molecule has 0 amide bonds. The minimum Gasteiger partial charge on any atom is -0.309 e. The fraction of sp³-hybridized carbons (Fsp3) is 0.625. The van der Waals surface area contributed by atoms with Gasteiger partial charge in [0.25, 0.3) is 0 Å². The van der Waals surface area contributed by atoms with Gasteiger partial charge in [0.1, 0.15) is 0 Å². The SMILES string of the molecule is Cc1cccc2c1CCNC2C1CCCCC1. The molecule has 3 rings (SSSR count). The standard InChI is InChI=1S/C16H23N/c1-12-6-5-9-15-14(12)10-11-17-16(15)13-7-3-2-4-8-13/h5-6,9,13,16-17H,2-4,7-8,10-11H2,1H3. The molecule has 1 nitrogen and oxygen atoms in total. The van der Waals surface area contributed by atoms with E-state index < -0.39 is 0 Å². The number of rotatable bonds is 1. The summed E-state index contributed by atoms with van der Waals surface area (Å²) in [5.74, 6) is 0.879. The van der Waals surface area contributed by atoms with E-state index >= 15 is 0 Å². The summed E-state index contributed by atoms with van der Waals surface area (Å²) < 4.78 is 0. The van der Waals surface area contributed by atoms with Crippen molar-refractivity contribution in [2.24, 2.45) is 5.92 Å². The predicted molar refractivity (Wildman–Crippen MR) is 72.2 cm³/mol. The largest absolute Gasteiger partial charge is 0.309 e. The van der Waals surface area contributed by atoms with Crippen LogP contribution in [-0.4, -0.2) is 6.54 Å². The van der Waals surface area contributed by atoms with Crippen LogP contribution in [0.15, 0.2) is 18.2 Å². The van der Waals surface area contributed by atoms with Crippen molar-refractivity contribution in [3.8, 4) is 0 Å². The third kappa shape index (κ3) is 2.13. The molecule has 2 aliphatic rings. The molecule has 1 heteroatoms. The van der Waals surface area contributed by atoms with Crippen LogP contribution in [0.2, 0.25) is 0 Å². The highest BCUT2D eigenvalue weighted by Crippen LogP contribution is 2.37. The van der Waals surface area contributed by atoms with Crippen LogP contribution in [0.5, 0.6) is 0 Å². The zero-order valence-electron chi connectivity index (χ0n) is 10.8. The summed E-state index contributed by atoms with van der Waals surface area (Å²) in [4.78, 5) is 0. The molecule has 1 aliphatic carbocycles. The van der Waals surface area contributed by atoms with Gasteiger partial charge in [-0.05, 0) is 55.3 Å². The molecule has 0 aromatic heterocycles. The summed E-state index contributed by atoms with van der Waals surface area (Å²) in [5, 5.41) is 3.77. The molecule has 1 heterocycles. The van der Waals surface area contributed by atoms with Gasteiger partial charge in [-0.1, -0.05) is 37.5 Å².